The highest BCUT2D eigenvalue weighted by Gasteiger charge is 2.15. The van der Waals surface area contributed by atoms with Gasteiger partial charge in [0.15, 0.2) is 17.9 Å². The van der Waals surface area contributed by atoms with Crippen LogP contribution in [0.15, 0.2) is 12.1 Å². The second-order valence-corrected chi connectivity index (χ2v) is 3.07. The molecule has 0 spiro atoms. The normalized spacial score (nSPS) is 9.69. The van der Waals surface area contributed by atoms with E-state index in [4.69, 9.17) is 0 Å². The second kappa shape index (κ2) is 5.25. The molecular weight excluding hydrogens is 215 g/mol. The van der Waals surface area contributed by atoms with Crippen molar-refractivity contribution in [3.8, 4) is 5.75 Å². The first kappa shape index (κ1) is 12.2. The van der Waals surface area contributed by atoms with E-state index in [1.165, 1.54) is 12.1 Å². The molecule has 1 aromatic carbocycles. The van der Waals surface area contributed by atoms with E-state index >= 15 is 0 Å². The van der Waals surface area contributed by atoms with Crippen LogP contribution in [0.5, 0.6) is 5.75 Å². The van der Waals surface area contributed by atoms with Gasteiger partial charge < -0.3 is 9.47 Å². The molecule has 16 heavy (non-hydrogen) atoms. The maximum atomic E-state index is 13.4. The fourth-order valence-corrected chi connectivity index (χ4v) is 1.18. The minimum Gasteiger partial charge on any atom is -0.434 e. The highest BCUT2D eigenvalue weighted by Crippen LogP contribution is 2.23. The molecule has 0 atom stereocenters. The van der Waals surface area contributed by atoms with Crippen LogP contribution in [0.2, 0.25) is 0 Å². The monoisotopic (exact) mass is 226 g/mol. The lowest BCUT2D eigenvalue weighted by molar-refractivity contribution is 0.101. The quantitative estimate of drug-likeness (QED) is 0.451. The maximum Gasteiger partial charge on any atom is 0.513 e. The van der Waals surface area contributed by atoms with Crippen molar-refractivity contribution in [1.29, 1.82) is 0 Å². The van der Waals surface area contributed by atoms with Crippen molar-refractivity contribution in [3.05, 3.63) is 29.1 Å². The van der Waals surface area contributed by atoms with Gasteiger partial charge in [-0.1, -0.05) is 0 Å². The smallest absolute Gasteiger partial charge is 0.434 e. The largest absolute Gasteiger partial charge is 0.513 e. The predicted octanol–water partition coefficient (Wildman–Crippen LogP) is 2.48. The van der Waals surface area contributed by atoms with E-state index in [2.05, 4.69) is 9.47 Å². The van der Waals surface area contributed by atoms with Crippen molar-refractivity contribution in [3.63, 3.8) is 0 Å². The summed E-state index contributed by atoms with van der Waals surface area (Å²) in [6.07, 6.45) is -0.613. The lowest BCUT2D eigenvalue weighted by Crippen LogP contribution is -2.12. The van der Waals surface area contributed by atoms with E-state index in [0.717, 1.165) is 0 Å². The summed E-state index contributed by atoms with van der Waals surface area (Å²) in [5.41, 5.74) is 0.543. The Hall–Kier alpha value is -1.91. The lowest BCUT2D eigenvalue weighted by Gasteiger charge is -2.08. The summed E-state index contributed by atoms with van der Waals surface area (Å²) in [5, 5.41) is 0. The van der Waals surface area contributed by atoms with Crippen LogP contribution < -0.4 is 4.74 Å². The number of aldehydes is 1. The van der Waals surface area contributed by atoms with Crippen molar-refractivity contribution in [2.24, 2.45) is 0 Å². The molecular formula is C11H11FO4. The number of carbonyl (C=O) groups excluding carboxylic acids is 2. The van der Waals surface area contributed by atoms with E-state index < -0.39 is 17.7 Å². The van der Waals surface area contributed by atoms with Gasteiger partial charge in [0.05, 0.1) is 12.2 Å². The molecule has 0 aliphatic heterocycles. The number of benzene rings is 1. The minimum absolute atomic E-state index is 0.0226. The Morgan fingerprint density at radius 3 is 2.75 bits per heavy atom. The molecule has 0 unspecified atom stereocenters. The van der Waals surface area contributed by atoms with Gasteiger partial charge in [-0.15, -0.1) is 0 Å². The molecule has 0 aliphatic carbocycles. The van der Waals surface area contributed by atoms with Gasteiger partial charge in [-0.2, -0.15) is 0 Å². The molecule has 0 bridgehead atoms. The lowest BCUT2D eigenvalue weighted by atomic mass is 10.1. The average Bonchev–Trinajstić information content (AvgIpc) is 2.22. The Bertz CT molecular complexity index is 415. The molecule has 0 saturated carbocycles. The summed E-state index contributed by atoms with van der Waals surface area (Å²) in [6.45, 7) is 3.33. The first-order valence-electron chi connectivity index (χ1n) is 4.68. The molecule has 0 fully saturated rings. The predicted molar refractivity (Wildman–Crippen MR) is 54.2 cm³/mol. The molecule has 86 valence electrons. The summed E-state index contributed by atoms with van der Waals surface area (Å²) in [5.74, 6) is -1.17. The number of halogens is 1. The minimum atomic E-state index is -1.03. The molecule has 4 nitrogen and oxygen atoms in total. The summed E-state index contributed by atoms with van der Waals surface area (Å²) in [4.78, 5) is 21.7. The number of ether oxygens (including phenoxy) is 2. The topological polar surface area (TPSA) is 52.6 Å². The summed E-state index contributed by atoms with van der Waals surface area (Å²) in [6, 6.07) is 2.59. The van der Waals surface area contributed by atoms with Gasteiger partial charge in [0.1, 0.15) is 0 Å². The molecule has 0 aliphatic rings. The van der Waals surface area contributed by atoms with Crippen molar-refractivity contribution >= 4 is 12.4 Å². The first-order valence-corrected chi connectivity index (χ1v) is 4.68. The van der Waals surface area contributed by atoms with Crippen LogP contribution in [0, 0.1) is 12.7 Å². The van der Waals surface area contributed by atoms with E-state index in [1.54, 1.807) is 13.8 Å². The zero-order chi connectivity index (χ0) is 12.1. The Kier molecular flexibility index (Phi) is 3.99. The molecule has 1 aromatic rings. The molecule has 0 radical (unpaired) electrons. The standard InChI is InChI=1S/C11H11FO4/c1-3-15-11(14)16-10-8(6-13)4-7(2)5-9(10)12/h4-6H,3H2,1-2H3. The zero-order valence-electron chi connectivity index (χ0n) is 8.95. The van der Waals surface area contributed by atoms with Crippen LogP contribution in [-0.2, 0) is 4.74 Å². The van der Waals surface area contributed by atoms with Crippen LogP contribution in [0.3, 0.4) is 0 Å². The van der Waals surface area contributed by atoms with Crippen LogP contribution in [-0.4, -0.2) is 19.0 Å². The third kappa shape index (κ3) is 2.79. The van der Waals surface area contributed by atoms with Crippen molar-refractivity contribution in [2.75, 3.05) is 6.61 Å². The molecule has 0 amide bonds. The van der Waals surface area contributed by atoms with Crippen LogP contribution in [0.4, 0.5) is 9.18 Å². The molecule has 0 N–H and O–H groups in total. The SMILES string of the molecule is CCOC(=O)Oc1c(F)cc(C)cc1C=O. The molecule has 1 rings (SSSR count). The second-order valence-electron chi connectivity index (χ2n) is 3.07. The zero-order valence-corrected chi connectivity index (χ0v) is 8.95. The fourth-order valence-electron chi connectivity index (χ4n) is 1.18. The Labute approximate surface area is 92.0 Å². The van der Waals surface area contributed by atoms with Crippen LogP contribution in [0.25, 0.3) is 0 Å². The maximum absolute atomic E-state index is 13.4. The number of hydrogen-bond acceptors (Lipinski definition) is 4. The van der Waals surface area contributed by atoms with Crippen LogP contribution >= 0.6 is 0 Å². The molecule has 0 aromatic heterocycles. The third-order valence-corrected chi connectivity index (χ3v) is 1.79. The van der Waals surface area contributed by atoms with Gasteiger partial charge in [-0.25, -0.2) is 9.18 Å². The van der Waals surface area contributed by atoms with E-state index in [-0.39, 0.29) is 12.2 Å². The third-order valence-electron chi connectivity index (χ3n) is 1.79. The summed E-state index contributed by atoms with van der Waals surface area (Å²) in [7, 11) is 0. The van der Waals surface area contributed by atoms with Crippen molar-refractivity contribution in [2.45, 2.75) is 13.8 Å². The number of rotatable bonds is 3. The van der Waals surface area contributed by atoms with Gasteiger partial charge in [0.25, 0.3) is 0 Å². The molecule has 0 heterocycles. The van der Waals surface area contributed by atoms with Crippen molar-refractivity contribution < 1.29 is 23.5 Å². The Morgan fingerprint density at radius 1 is 1.50 bits per heavy atom. The number of carbonyl (C=O) groups is 2. The van der Waals surface area contributed by atoms with Gasteiger partial charge >= 0.3 is 6.16 Å². The number of aryl methyl sites for hydroxylation is 1. The van der Waals surface area contributed by atoms with Gasteiger partial charge in [0, 0.05) is 0 Å². The molecule has 5 heteroatoms. The highest BCUT2D eigenvalue weighted by molar-refractivity contribution is 5.81. The molecule has 0 saturated heterocycles. The number of hydrogen-bond donors (Lipinski definition) is 0. The Balaban J connectivity index is 3.02. The van der Waals surface area contributed by atoms with E-state index in [0.29, 0.717) is 11.8 Å². The fraction of sp³-hybridized carbons (Fsp3) is 0.273. The van der Waals surface area contributed by atoms with Crippen molar-refractivity contribution in [1.82, 2.24) is 0 Å². The van der Waals surface area contributed by atoms with Crippen LogP contribution in [0.1, 0.15) is 22.8 Å². The highest BCUT2D eigenvalue weighted by atomic mass is 19.1. The van der Waals surface area contributed by atoms with Gasteiger partial charge in [0.2, 0.25) is 0 Å². The van der Waals surface area contributed by atoms with E-state index in [1.807, 2.05) is 0 Å². The Morgan fingerprint density at radius 2 is 2.19 bits per heavy atom. The first-order chi connectivity index (χ1) is 7.58. The van der Waals surface area contributed by atoms with E-state index in [9.17, 15) is 14.0 Å². The average molecular weight is 226 g/mol. The summed E-state index contributed by atoms with van der Waals surface area (Å²) < 4.78 is 22.5. The van der Waals surface area contributed by atoms with Gasteiger partial charge in [-0.05, 0) is 31.5 Å². The van der Waals surface area contributed by atoms with Gasteiger partial charge in [-0.3, -0.25) is 4.79 Å². The summed E-state index contributed by atoms with van der Waals surface area (Å²) >= 11 is 0.